The molecule has 1 aromatic heterocycles. The Labute approximate surface area is 131 Å². The minimum absolute atomic E-state index is 0.337. The number of nitrogens with zero attached hydrogens (tertiary/aromatic N) is 2. The summed E-state index contributed by atoms with van der Waals surface area (Å²) in [4.78, 5) is 4.34. The van der Waals surface area contributed by atoms with E-state index in [9.17, 15) is 4.39 Å². The van der Waals surface area contributed by atoms with Crippen molar-refractivity contribution in [3.05, 3.63) is 70.8 Å². The van der Waals surface area contributed by atoms with Crippen LogP contribution >= 0.6 is 11.6 Å². The minimum atomic E-state index is -0.337. The Kier molecular flexibility index (Phi) is 3.21. The smallest absolute Gasteiger partial charge is 0.146 e. The molecule has 5 heteroatoms. The molecule has 2 aromatic carbocycles. The van der Waals surface area contributed by atoms with Crippen molar-refractivity contribution in [1.29, 1.82) is 0 Å². The molecule has 2 heterocycles. The normalized spacial score (nSPS) is 13.4. The Morgan fingerprint density at radius 3 is 2.86 bits per heavy atom. The van der Waals surface area contributed by atoms with Gasteiger partial charge in [0.1, 0.15) is 11.6 Å². The number of aromatic nitrogens is 2. The molecule has 1 aliphatic rings. The molecule has 110 valence electrons. The fourth-order valence-corrected chi connectivity index (χ4v) is 2.89. The van der Waals surface area contributed by atoms with Gasteiger partial charge < -0.3 is 4.74 Å². The lowest BCUT2D eigenvalue weighted by molar-refractivity contribution is 0.134. The average molecular weight is 315 g/mol. The van der Waals surface area contributed by atoms with E-state index in [-0.39, 0.29) is 5.82 Å². The zero-order valence-electron chi connectivity index (χ0n) is 11.6. The van der Waals surface area contributed by atoms with Crippen LogP contribution in [0.3, 0.4) is 0 Å². The Hall–Kier alpha value is -2.17. The Morgan fingerprint density at radius 2 is 1.95 bits per heavy atom. The summed E-state index contributed by atoms with van der Waals surface area (Å²) in [5.41, 5.74) is 3.90. The van der Waals surface area contributed by atoms with Gasteiger partial charge in [-0.05, 0) is 41.5 Å². The van der Waals surface area contributed by atoms with Gasteiger partial charge in [0.2, 0.25) is 0 Å². The van der Waals surface area contributed by atoms with Crippen LogP contribution in [0.4, 0.5) is 4.39 Å². The van der Waals surface area contributed by atoms with Gasteiger partial charge in [0.25, 0.3) is 0 Å². The molecule has 0 fully saturated rings. The Balaban J connectivity index is 1.85. The third-order valence-corrected chi connectivity index (χ3v) is 4.12. The third-order valence-electron chi connectivity index (χ3n) is 3.79. The van der Waals surface area contributed by atoms with E-state index in [0.717, 1.165) is 5.69 Å². The van der Waals surface area contributed by atoms with E-state index in [2.05, 4.69) is 17.1 Å². The lowest BCUT2D eigenvalue weighted by Gasteiger charge is -2.10. The highest BCUT2D eigenvalue weighted by Gasteiger charge is 2.15. The van der Waals surface area contributed by atoms with Crippen LogP contribution in [0, 0.1) is 5.82 Å². The van der Waals surface area contributed by atoms with Gasteiger partial charge >= 0.3 is 0 Å². The van der Waals surface area contributed by atoms with Crippen molar-refractivity contribution in [2.75, 3.05) is 0 Å². The van der Waals surface area contributed by atoms with Gasteiger partial charge in [0, 0.05) is 23.6 Å². The predicted octanol–water partition coefficient (Wildman–Crippen LogP) is 4.36. The summed E-state index contributed by atoms with van der Waals surface area (Å²) < 4.78 is 20.9. The monoisotopic (exact) mass is 314 g/mol. The van der Waals surface area contributed by atoms with E-state index in [0.29, 0.717) is 29.6 Å². The van der Waals surface area contributed by atoms with Crippen LogP contribution in [0.5, 0.6) is 0 Å². The lowest BCUT2D eigenvalue weighted by Crippen LogP contribution is -1.98. The second kappa shape index (κ2) is 5.23. The molecule has 3 aromatic rings. The van der Waals surface area contributed by atoms with Gasteiger partial charge in [-0.1, -0.05) is 17.7 Å². The topological polar surface area (TPSA) is 27.1 Å². The Bertz CT molecular complexity index is 860. The summed E-state index contributed by atoms with van der Waals surface area (Å²) in [5.74, 6) is 0.277. The maximum absolute atomic E-state index is 13.5. The largest absolute Gasteiger partial charge is 0.372 e. The molecule has 0 atom stereocenters. The molecule has 0 saturated heterocycles. The fourth-order valence-electron chi connectivity index (χ4n) is 2.69. The standard InChI is InChI=1S/C17H12ClFN2O/c18-16-4-2-13(19)8-15(16)17-20-5-6-21(17)14-3-1-11-9-22-10-12(11)7-14/h1-8H,9-10H2. The van der Waals surface area contributed by atoms with E-state index >= 15 is 0 Å². The molecule has 1 aliphatic heterocycles. The molecule has 0 spiro atoms. The molecule has 0 aliphatic carbocycles. The van der Waals surface area contributed by atoms with Crippen LogP contribution in [0.15, 0.2) is 48.8 Å². The number of imidazole rings is 1. The van der Waals surface area contributed by atoms with Crippen LogP contribution in [-0.4, -0.2) is 9.55 Å². The number of fused-ring (bicyclic) bond motifs is 1. The van der Waals surface area contributed by atoms with Crippen molar-refractivity contribution in [3.63, 3.8) is 0 Å². The predicted molar refractivity (Wildman–Crippen MR) is 82.5 cm³/mol. The van der Waals surface area contributed by atoms with Crippen molar-refractivity contribution < 1.29 is 9.13 Å². The fraction of sp³-hybridized carbons (Fsp3) is 0.118. The van der Waals surface area contributed by atoms with Crippen molar-refractivity contribution in [2.24, 2.45) is 0 Å². The van der Waals surface area contributed by atoms with Crippen LogP contribution in [0.1, 0.15) is 11.1 Å². The van der Waals surface area contributed by atoms with Crippen molar-refractivity contribution in [3.8, 4) is 17.1 Å². The van der Waals surface area contributed by atoms with Gasteiger partial charge in [0.05, 0.1) is 18.2 Å². The molecule has 0 unspecified atom stereocenters. The molecular formula is C17H12ClFN2O. The molecular weight excluding hydrogens is 303 g/mol. The molecule has 0 bridgehead atoms. The number of hydrogen-bond donors (Lipinski definition) is 0. The highest BCUT2D eigenvalue weighted by atomic mass is 35.5. The zero-order valence-corrected chi connectivity index (χ0v) is 12.3. The summed E-state index contributed by atoms with van der Waals surface area (Å²) in [6.07, 6.45) is 3.52. The van der Waals surface area contributed by atoms with Gasteiger partial charge in [-0.15, -0.1) is 0 Å². The number of ether oxygens (including phenoxy) is 1. The number of halogens is 2. The van der Waals surface area contributed by atoms with Crippen LogP contribution < -0.4 is 0 Å². The van der Waals surface area contributed by atoms with E-state index in [1.165, 1.54) is 23.3 Å². The lowest BCUT2D eigenvalue weighted by atomic mass is 10.1. The summed E-state index contributed by atoms with van der Waals surface area (Å²) in [6.45, 7) is 1.27. The summed E-state index contributed by atoms with van der Waals surface area (Å²) in [6, 6.07) is 10.4. The molecule has 0 N–H and O–H groups in total. The Morgan fingerprint density at radius 1 is 1.09 bits per heavy atom. The first-order valence-electron chi connectivity index (χ1n) is 6.91. The minimum Gasteiger partial charge on any atom is -0.372 e. The quantitative estimate of drug-likeness (QED) is 0.702. The van der Waals surface area contributed by atoms with Crippen molar-refractivity contribution >= 4 is 11.6 Å². The average Bonchev–Trinajstić information content (AvgIpc) is 3.17. The maximum atomic E-state index is 13.5. The first kappa shape index (κ1) is 13.5. The molecule has 0 saturated carbocycles. The van der Waals surface area contributed by atoms with Gasteiger partial charge in [-0.25, -0.2) is 9.37 Å². The van der Waals surface area contributed by atoms with Crippen LogP contribution in [-0.2, 0) is 18.0 Å². The number of benzene rings is 2. The SMILES string of the molecule is Fc1ccc(Cl)c(-c2nccn2-c2ccc3c(c2)COC3)c1. The second-order valence-corrected chi connectivity index (χ2v) is 5.60. The maximum Gasteiger partial charge on any atom is 0.146 e. The highest BCUT2D eigenvalue weighted by molar-refractivity contribution is 6.33. The highest BCUT2D eigenvalue weighted by Crippen LogP contribution is 2.30. The summed E-state index contributed by atoms with van der Waals surface area (Å²) >= 11 is 6.20. The van der Waals surface area contributed by atoms with Gasteiger partial charge in [0.15, 0.2) is 0 Å². The molecule has 22 heavy (non-hydrogen) atoms. The number of rotatable bonds is 2. The molecule has 0 amide bonds. The van der Waals surface area contributed by atoms with E-state index in [1.807, 2.05) is 16.8 Å². The summed E-state index contributed by atoms with van der Waals surface area (Å²) in [5, 5.41) is 0.471. The van der Waals surface area contributed by atoms with Crippen LogP contribution in [0.2, 0.25) is 5.02 Å². The first-order chi connectivity index (χ1) is 10.7. The van der Waals surface area contributed by atoms with Crippen molar-refractivity contribution in [2.45, 2.75) is 13.2 Å². The van der Waals surface area contributed by atoms with Gasteiger partial charge in [-0.2, -0.15) is 0 Å². The molecule has 3 nitrogen and oxygen atoms in total. The summed E-state index contributed by atoms with van der Waals surface area (Å²) in [7, 11) is 0. The van der Waals surface area contributed by atoms with E-state index < -0.39 is 0 Å². The molecule has 4 rings (SSSR count). The second-order valence-electron chi connectivity index (χ2n) is 5.19. The molecule has 0 radical (unpaired) electrons. The zero-order chi connectivity index (χ0) is 15.1. The van der Waals surface area contributed by atoms with E-state index in [4.69, 9.17) is 16.3 Å². The van der Waals surface area contributed by atoms with E-state index in [1.54, 1.807) is 12.3 Å². The van der Waals surface area contributed by atoms with Crippen molar-refractivity contribution in [1.82, 2.24) is 9.55 Å². The first-order valence-corrected chi connectivity index (χ1v) is 7.29. The van der Waals surface area contributed by atoms with Crippen LogP contribution in [0.25, 0.3) is 17.1 Å². The third kappa shape index (κ3) is 2.21. The van der Waals surface area contributed by atoms with Gasteiger partial charge in [-0.3, -0.25) is 4.57 Å². The number of hydrogen-bond acceptors (Lipinski definition) is 2.